The number of carbonyl (C=O) groups is 1. The molecule has 0 spiro atoms. The number of benzene rings is 2. The number of nitrogens with two attached hydrogens (primary N) is 1. The molecule has 6 nitrogen and oxygen atoms in total. The largest absolute Gasteiger partial charge is 0.454 e. The Hall–Kier alpha value is -2.80. The van der Waals surface area contributed by atoms with Crippen molar-refractivity contribution in [1.29, 1.82) is 0 Å². The molecule has 7 heteroatoms. The summed E-state index contributed by atoms with van der Waals surface area (Å²) in [6.45, 7) is 1.75. The van der Waals surface area contributed by atoms with E-state index in [4.69, 9.17) is 20.2 Å². The van der Waals surface area contributed by atoms with Gasteiger partial charge in [-0.3, -0.25) is 4.79 Å². The fraction of sp³-hybridized carbons (Fsp3) is 0.263. The van der Waals surface area contributed by atoms with Crippen molar-refractivity contribution in [2.75, 3.05) is 24.8 Å². The second kappa shape index (κ2) is 5.88. The Balaban J connectivity index is 1.46. The highest BCUT2D eigenvalue weighted by Crippen LogP contribution is 2.38. The van der Waals surface area contributed by atoms with E-state index < -0.39 is 0 Å². The van der Waals surface area contributed by atoms with E-state index in [0.717, 1.165) is 50.9 Å². The number of fused-ring (bicyclic) bond motifs is 2. The number of anilines is 1. The van der Waals surface area contributed by atoms with Gasteiger partial charge < -0.3 is 20.1 Å². The summed E-state index contributed by atoms with van der Waals surface area (Å²) in [7, 11) is 0. The maximum atomic E-state index is 11.4. The molecule has 2 aromatic carbocycles. The van der Waals surface area contributed by atoms with Crippen molar-refractivity contribution in [3.63, 3.8) is 0 Å². The average molecular weight is 367 g/mol. The van der Waals surface area contributed by atoms with Crippen LogP contribution in [0.15, 0.2) is 36.4 Å². The Morgan fingerprint density at radius 2 is 1.96 bits per heavy atom. The summed E-state index contributed by atoms with van der Waals surface area (Å²) in [5, 5.41) is 0.951. The van der Waals surface area contributed by atoms with E-state index in [1.165, 1.54) is 0 Å². The third kappa shape index (κ3) is 2.55. The number of aromatic nitrogens is 1. The molecular formula is C19H17N3O3S. The fourth-order valence-corrected chi connectivity index (χ4v) is 4.51. The van der Waals surface area contributed by atoms with Crippen LogP contribution in [0.25, 0.3) is 21.3 Å². The quantitative estimate of drug-likeness (QED) is 0.770. The van der Waals surface area contributed by atoms with Crippen molar-refractivity contribution < 1.29 is 14.3 Å². The van der Waals surface area contributed by atoms with Crippen molar-refractivity contribution in [2.45, 2.75) is 6.42 Å². The molecule has 5 rings (SSSR count). The first kappa shape index (κ1) is 15.5. The number of amides is 1. The second-order valence-electron chi connectivity index (χ2n) is 6.58. The highest BCUT2D eigenvalue weighted by Gasteiger charge is 2.28. The molecule has 1 atom stereocenters. The molecule has 132 valence electrons. The predicted octanol–water partition coefficient (Wildman–Crippen LogP) is 3.00. The van der Waals surface area contributed by atoms with Gasteiger partial charge in [0.15, 0.2) is 16.6 Å². The third-order valence-corrected chi connectivity index (χ3v) is 6.02. The molecule has 1 fully saturated rings. The van der Waals surface area contributed by atoms with E-state index in [1.54, 1.807) is 11.3 Å². The SMILES string of the molecule is NC(=O)C1CCN(c2nc3ccc(-c4ccc5c(c4)OCO5)cc3s2)C1. The van der Waals surface area contributed by atoms with Crippen LogP contribution < -0.4 is 20.1 Å². The summed E-state index contributed by atoms with van der Waals surface area (Å²) >= 11 is 1.65. The van der Waals surface area contributed by atoms with Crippen molar-refractivity contribution in [1.82, 2.24) is 4.98 Å². The standard InChI is InChI=1S/C19H17N3O3S/c20-18(23)13-5-6-22(9-13)19-21-14-3-1-12(8-17(14)26-19)11-2-4-15-16(7-11)25-10-24-15/h1-4,7-8,13H,5-6,9-10H2,(H2,20,23). The number of rotatable bonds is 3. The fourth-order valence-electron chi connectivity index (χ4n) is 3.47. The zero-order chi connectivity index (χ0) is 17.7. The number of thiazole rings is 1. The zero-order valence-electron chi connectivity index (χ0n) is 14.0. The van der Waals surface area contributed by atoms with Gasteiger partial charge in [0.05, 0.1) is 16.1 Å². The van der Waals surface area contributed by atoms with E-state index >= 15 is 0 Å². The molecule has 1 unspecified atom stereocenters. The Morgan fingerprint density at radius 1 is 1.15 bits per heavy atom. The maximum absolute atomic E-state index is 11.4. The number of ether oxygens (including phenoxy) is 2. The Labute approximate surface area is 154 Å². The highest BCUT2D eigenvalue weighted by atomic mass is 32.1. The van der Waals surface area contributed by atoms with Gasteiger partial charge in [0.1, 0.15) is 0 Å². The lowest BCUT2D eigenvalue weighted by Gasteiger charge is -2.13. The van der Waals surface area contributed by atoms with Crippen LogP contribution >= 0.6 is 11.3 Å². The number of primary amides is 1. The van der Waals surface area contributed by atoms with Gasteiger partial charge in [0, 0.05) is 13.1 Å². The van der Waals surface area contributed by atoms with Crippen LogP contribution in [0, 0.1) is 5.92 Å². The van der Waals surface area contributed by atoms with Gasteiger partial charge in [0.25, 0.3) is 0 Å². The lowest BCUT2D eigenvalue weighted by molar-refractivity contribution is -0.121. The van der Waals surface area contributed by atoms with Crippen LogP contribution in [0.4, 0.5) is 5.13 Å². The number of hydrogen-bond acceptors (Lipinski definition) is 6. The summed E-state index contributed by atoms with van der Waals surface area (Å²) in [5.41, 5.74) is 8.60. The molecular weight excluding hydrogens is 350 g/mol. The van der Waals surface area contributed by atoms with Crippen LogP contribution in [0.5, 0.6) is 11.5 Å². The molecule has 1 aromatic heterocycles. The zero-order valence-corrected chi connectivity index (χ0v) is 14.8. The molecule has 3 aromatic rings. The Morgan fingerprint density at radius 3 is 2.81 bits per heavy atom. The van der Waals surface area contributed by atoms with Gasteiger partial charge in [0.2, 0.25) is 12.7 Å². The number of hydrogen-bond donors (Lipinski definition) is 1. The predicted molar refractivity (Wildman–Crippen MR) is 101 cm³/mol. The summed E-state index contributed by atoms with van der Waals surface area (Å²) in [6.07, 6.45) is 0.799. The van der Waals surface area contributed by atoms with E-state index in [-0.39, 0.29) is 18.6 Å². The Kier molecular flexibility index (Phi) is 3.49. The first-order chi connectivity index (χ1) is 12.7. The van der Waals surface area contributed by atoms with Gasteiger partial charge in [-0.25, -0.2) is 4.98 Å². The van der Waals surface area contributed by atoms with Crippen molar-refractivity contribution in [3.8, 4) is 22.6 Å². The molecule has 2 aliphatic heterocycles. The number of carbonyl (C=O) groups excluding carboxylic acids is 1. The van der Waals surface area contributed by atoms with Crippen molar-refractivity contribution in [3.05, 3.63) is 36.4 Å². The molecule has 2 aliphatic rings. The van der Waals surface area contributed by atoms with Gasteiger partial charge in [-0.05, 0) is 41.8 Å². The topological polar surface area (TPSA) is 77.7 Å². The third-order valence-electron chi connectivity index (χ3n) is 4.94. The minimum Gasteiger partial charge on any atom is -0.454 e. The lowest BCUT2D eigenvalue weighted by Crippen LogP contribution is -2.27. The van der Waals surface area contributed by atoms with E-state index in [1.807, 2.05) is 24.3 Å². The molecule has 3 heterocycles. The Bertz CT molecular complexity index is 1020. The maximum Gasteiger partial charge on any atom is 0.231 e. The van der Waals surface area contributed by atoms with Crippen molar-refractivity contribution in [2.24, 2.45) is 11.7 Å². The second-order valence-corrected chi connectivity index (χ2v) is 7.59. The van der Waals surface area contributed by atoms with Crippen LogP contribution in [-0.4, -0.2) is 30.8 Å². The minimum atomic E-state index is -0.223. The molecule has 2 N–H and O–H groups in total. The van der Waals surface area contributed by atoms with E-state index in [0.29, 0.717) is 6.54 Å². The summed E-state index contributed by atoms with van der Waals surface area (Å²) in [4.78, 5) is 18.3. The summed E-state index contributed by atoms with van der Waals surface area (Å²) in [5.74, 6) is 1.26. The van der Waals surface area contributed by atoms with Crippen LogP contribution in [0.3, 0.4) is 0 Å². The van der Waals surface area contributed by atoms with Gasteiger partial charge in [-0.15, -0.1) is 0 Å². The van der Waals surface area contributed by atoms with Crippen LogP contribution in [0.2, 0.25) is 0 Å². The smallest absolute Gasteiger partial charge is 0.231 e. The summed E-state index contributed by atoms with van der Waals surface area (Å²) < 4.78 is 12.0. The monoisotopic (exact) mass is 367 g/mol. The molecule has 0 bridgehead atoms. The highest BCUT2D eigenvalue weighted by molar-refractivity contribution is 7.22. The normalized spacial score (nSPS) is 18.6. The van der Waals surface area contributed by atoms with Gasteiger partial charge in [-0.2, -0.15) is 0 Å². The van der Waals surface area contributed by atoms with Gasteiger partial charge >= 0.3 is 0 Å². The lowest BCUT2D eigenvalue weighted by atomic mass is 10.1. The first-order valence-electron chi connectivity index (χ1n) is 8.52. The van der Waals surface area contributed by atoms with Crippen LogP contribution in [0.1, 0.15) is 6.42 Å². The van der Waals surface area contributed by atoms with E-state index in [2.05, 4.69) is 17.0 Å². The molecule has 1 amide bonds. The van der Waals surface area contributed by atoms with Crippen molar-refractivity contribution >= 4 is 32.6 Å². The van der Waals surface area contributed by atoms with Crippen LogP contribution in [-0.2, 0) is 4.79 Å². The first-order valence-corrected chi connectivity index (χ1v) is 9.34. The molecule has 26 heavy (non-hydrogen) atoms. The van der Waals surface area contributed by atoms with Gasteiger partial charge in [-0.1, -0.05) is 23.5 Å². The average Bonchev–Trinajstić information content (AvgIpc) is 3.37. The molecule has 0 saturated carbocycles. The summed E-state index contributed by atoms with van der Waals surface area (Å²) in [6, 6.07) is 12.2. The molecule has 0 aliphatic carbocycles. The number of nitrogens with zero attached hydrogens (tertiary/aromatic N) is 2. The van der Waals surface area contributed by atoms with E-state index in [9.17, 15) is 4.79 Å². The molecule has 1 saturated heterocycles. The minimum absolute atomic E-state index is 0.0776. The molecule has 0 radical (unpaired) electrons.